The second-order valence-corrected chi connectivity index (χ2v) is 19.3. The van der Waals surface area contributed by atoms with Crippen molar-refractivity contribution >= 4 is 36.1 Å². The molecule has 4 heterocycles. The highest BCUT2D eigenvalue weighted by atomic mass is 31.2. The molecular weight excluding hydrogens is 799 g/mol. The Morgan fingerprint density at radius 1 is 0.951 bits per heavy atom. The van der Waals surface area contributed by atoms with E-state index in [1.165, 1.54) is 19.1 Å². The normalized spacial score (nSPS) is 24.3. The van der Waals surface area contributed by atoms with Gasteiger partial charge in [-0.3, -0.25) is 23.7 Å². The van der Waals surface area contributed by atoms with Crippen LogP contribution in [0, 0.1) is 0 Å². The van der Waals surface area contributed by atoms with E-state index < -0.39 is 37.4 Å². The summed E-state index contributed by atoms with van der Waals surface area (Å²) in [5, 5.41) is 9.24. The van der Waals surface area contributed by atoms with Crippen molar-refractivity contribution in [3.05, 3.63) is 112 Å². The molecule has 0 radical (unpaired) electrons. The fourth-order valence-electron chi connectivity index (χ4n) is 9.29. The van der Waals surface area contributed by atoms with E-state index in [-0.39, 0.29) is 53.1 Å². The maximum absolute atomic E-state index is 16.6. The Kier molecular flexibility index (Phi) is 12.5. The minimum atomic E-state index is -4.45. The number of nitrogens with zero attached hydrogens (tertiary/aromatic N) is 3. The van der Waals surface area contributed by atoms with Gasteiger partial charge >= 0.3 is 13.5 Å². The Hall–Kier alpha value is -4.88. The maximum atomic E-state index is 16.6. The summed E-state index contributed by atoms with van der Waals surface area (Å²) in [6, 6.07) is 20.0. The monoisotopic (exact) mass is 854 g/mol. The predicted molar refractivity (Wildman–Crippen MR) is 231 cm³/mol. The fraction of sp³-hybridized carbons (Fsp3) is 0.478. The highest BCUT2D eigenvalue weighted by Gasteiger charge is 2.56. The molecule has 13 nitrogen and oxygen atoms in total. The summed E-state index contributed by atoms with van der Waals surface area (Å²) < 4.78 is 43.6. The number of pyridine rings is 1. The molecular formula is C46H56FN6O7P. The number of halogens is 1. The molecule has 3 N–H and O–H groups in total. The quantitative estimate of drug-likeness (QED) is 0.0876. The molecule has 1 saturated carbocycles. The lowest BCUT2D eigenvalue weighted by Crippen LogP contribution is -2.60. The molecule has 8 rings (SSSR count). The average Bonchev–Trinajstić information content (AvgIpc) is 3.80. The Labute approximate surface area is 355 Å². The van der Waals surface area contributed by atoms with E-state index in [0.29, 0.717) is 23.8 Å². The van der Waals surface area contributed by atoms with Crippen LogP contribution >= 0.6 is 7.52 Å². The van der Waals surface area contributed by atoms with Gasteiger partial charge in [-0.25, -0.2) is 19.9 Å². The number of aromatic nitrogens is 1. The Balaban J connectivity index is 0.978. The minimum Gasteiger partial charge on any atom is -0.465 e. The van der Waals surface area contributed by atoms with E-state index in [9.17, 15) is 23.7 Å². The van der Waals surface area contributed by atoms with Crippen LogP contribution in [-0.4, -0.2) is 75.2 Å². The number of hydrogen-bond donors (Lipinski definition) is 3. The van der Waals surface area contributed by atoms with E-state index >= 15 is 4.39 Å². The van der Waals surface area contributed by atoms with Gasteiger partial charge in [-0.05, 0) is 117 Å². The number of aryl methyl sites for hydroxylation is 1. The molecule has 1 aromatic heterocycles. The van der Waals surface area contributed by atoms with Gasteiger partial charge in [0.2, 0.25) is 11.8 Å². The van der Waals surface area contributed by atoms with Crippen LogP contribution in [0.25, 0.3) is 10.8 Å². The number of carbonyl (C=O) groups is 3. The van der Waals surface area contributed by atoms with Crippen LogP contribution in [0.15, 0.2) is 89.9 Å². The van der Waals surface area contributed by atoms with Crippen LogP contribution in [0.5, 0.6) is 5.75 Å². The van der Waals surface area contributed by atoms with E-state index in [2.05, 4.69) is 20.8 Å². The number of hydrazine groups is 1. The first kappa shape index (κ1) is 42.8. The van der Waals surface area contributed by atoms with Gasteiger partial charge in [-0.15, -0.1) is 0 Å². The zero-order chi connectivity index (χ0) is 42.9. The number of carbonyl (C=O) groups excluding carboxylic acids is 3. The molecule has 0 bridgehead atoms. The molecule has 4 aromatic rings. The van der Waals surface area contributed by atoms with Crippen LogP contribution in [0.2, 0.25) is 0 Å². The Bertz CT molecular complexity index is 2380. The molecule has 61 heavy (non-hydrogen) atoms. The summed E-state index contributed by atoms with van der Waals surface area (Å²) in [5.74, 6) is -3.01. The number of benzene rings is 3. The molecule has 1 spiro atoms. The number of hydrogen-bond acceptors (Lipinski definition) is 9. The first-order chi connectivity index (χ1) is 29.4. The van der Waals surface area contributed by atoms with Crippen LogP contribution in [0.1, 0.15) is 111 Å². The third-order valence-corrected chi connectivity index (χ3v) is 15.0. The number of fused-ring (bicyclic) bond motifs is 2. The highest BCUT2D eigenvalue weighted by molar-refractivity contribution is 7.57. The molecule has 4 fully saturated rings. The van der Waals surface area contributed by atoms with Gasteiger partial charge in [-0.2, -0.15) is 0 Å². The summed E-state index contributed by atoms with van der Waals surface area (Å²) >= 11 is 0. The second-order valence-electron chi connectivity index (χ2n) is 17.3. The van der Waals surface area contributed by atoms with E-state index in [4.69, 9.17) is 9.26 Å². The number of esters is 1. The third-order valence-electron chi connectivity index (χ3n) is 12.8. The Morgan fingerprint density at radius 3 is 2.48 bits per heavy atom. The third kappa shape index (κ3) is 9.19. The number of rotatable bonds is 14. The summed E-state index contributed by atoms with van der Waals surface area (Å²) in [4.78, 5) is 55.6. The lowest BCUT2D eigenvalue weighted by molar-refractivity contribution is -0.145. The molecule has 3 aromatic carbocycles. The van der Waals surface area contributed by atoms with Gasteiger partial charge in [0.15, 0.2) is 0 Å². The van der Waals surface area contributed by atoms with Crippen LogP contribution in [-0.2, 0) is 25.9 Å². The van der Waals surface area contributed by atoms with E-state index in [1.54, 1.807) is 72.3 Å². The van der Waals surface area contributed by atoms with Gasteiger partial charge < -0.3 is 24.0 Å². The molecule has 7 atom stereocenters. The summed E-state index contributed by atoms with van der Waals surface area (Å²) in [6.07, 6.45) is 10.2. The minimum absolute atomic E-state index is 0.0170. The fourth-order valence-corrected chi connectivity index (χ4v) is 11.2. The van der Waals surface area contributed by atoms with Crippen molar-refractivity contribution in [2.24, 2.45) is 7.05 Å². The first-order valence-corrected chi connectivity index (χ1v) is 23.4. The molecule has 3 unspecified atom stereocenters. The lowest BCUT2D eigenvalue weighted by atomic mass is 9.96. The number of alkyl halides is 1. The zero-order valence-electron chi connectivity index (χ0n) is 35.1. The summed E-state index contributed by atoms with van der Waals surface area (Å²) in [7, 11) is -2.70. The van der Waals surface area contributed by atoms with Gasteiger partial charge in [0.05, 0.1) is 12.8 Å². The second kappa shape index (κ2) is 17.8. The summed E-state index contributed by atoms with van der Waals surface area (Å²) in [5.41, 5.74) is 5.16. The standard InChI is InChI=1S/C46H56FN6O7P/c1-4-24-59-45(57)30(2)50-61(58,60-38-11-6-5-7-12-38)42(47)33-16-14-31-15-17-34(26-35(31)25-33)43(55)48-39-13-9-8-10-37-18-19-40(53(37)44(39)56)49-52-29-36(28-46(52)21-22-46)32-20-23-51(3)41(54)27-32/h5-7,11-12,14-17,20,23,25-27,30,36-37,39-40,42,49H,4,8-10,13,18-19,21-22,24,28-29H2,1-3H3,(H,48,55)(H,50,58)/t30-,36?,37-,39-,40-,42?,61?/m0/s1. The largest absolute Gasteiger partial charge is 0.465 e. The van der Waals surface area contributed by atoms with Crippen molar-refractivity contribution in [3.8, 4) is 5.75 Å². The van der Waals surface area contributed by atoms with Crippen molar-refractivity contribution in [1.29, 1.82) is 0 Å². The number of nitrogens with one attached hydrogen (secondary N) is 3. The van der Waals surface area contributed by atoms with Crippen molar-refractivity contribution < 1.29 is 32.6 Å². The van der Waals surface area contributed by atoms with Crippen LogP contribution in [0.3, 0.4) is 0 Å². The zero-order valence-corrected chi connectivity index (χ0v) is 36.0. The molecule has 324 valence electrons. The molecule has 3 saturated heterocycles. The number of amides is 2. The predicted octanol–water partition coefficient (Wildman–Crippen LogP) is 7.23. The lowest BCUT2D eigenvalue weighted by Gasteiger charge is -2.38. The molecule has 15 heteroatoms. The number of ether oxygens (including phenoxy) is 1. The smallest absolute Gasteiger partial charge is 0.355 e. The van der Waals surface area contributed by atoms with E-state index in [1.807, 2.05) is 24.1 Å². The van der Waals surface area contributed by atoms with Crippen molar-refractivity contribution in [1.82, 2.24) is 30.3 Å². The maximum Gasteiger partial charge on any atom is 0.355 e. The van der Waals surface area contributed by atoms with Crippen molar-refractivity contribution in [2.75, 3.05) is 13.2 Å². The van der Waals surface area contributed by atoms with Gasteiger partial charge in [-0.1, -0.05) is 56.2 Å². The molecule has 3 aliphatic heterocycles. The van der Waals surface area contributed by atoms with Crippen LogP contribution in [0.4, 0.5) is 4.39 Å². The average molecular weight is 855 g/mol. The summed E-state index contributed by atoms with van der Waals surface area (Å²) in [6.45, 7) is 4.22. The van der Waals surface area contributed by atoms with E-state index in [0.717, 1.165) is 68.9 Å². The highest BCUT2D eigenvalue weighted by Crippen LogP contribution is 2.58. The molecule has 2 amide bonds. The van der Waals surface area contributed by atoms with Crippen LogP contribution < -0.4 is 25.9 Å². The Morgan fingerprint density at radius 2 is 1.72 bits per heavy atom. The molecule has 1 aliphatic carbocycles. The SMILES string of the molecule is CCCOC(=O)[C@H](C)NP(=O)(Oc1ccccc1)C(F)c1ccc2ccc(C(=O)N[C@H]3CCCC[C@H]4CC[C@@H](NN5CC(c6ccn(C)c(=O)c6)CC56CC6)N4C3=O)cc2c1. The van der Waals surface area contributed by atoms with Gasteiger partial charge in [0, 0.05) is 48.9 Å². The van der Waals surface area contributed by atoms with Gasteiger partial charge in [0.1, 0.15) is 17.8 Å². The topological polar surface area (TPSA) is 151 Å². The van der Waals surface area contributed by atoms with Crippen molar-refractivity contribution in [3.63, 3.8) is 0 Å². The number of para-hydroxylation sites is 1. The first-order valence-electron chi connectivity index (χ1n) is 21.7. The molecule has 4 aliphatic rings. The van der Waals surface area contributed by atoms with Gasteiger partial charge in [0.25, 0.3) is 11.5 Å². The van der Waals surface area contributed by atoms with Crippen molar-refractivity contribution in [2.45, 2.75) is 120 Å².